The third kappa shape index (κ3) is 1.56. The minimum atomic E-state index is -0.683. The van der Waals surface area contributed by atoms with Gasteiger partial charge in [-0.1, -0.05) is 0 Å². The predicted octanol–water partition coefficient (Wildman–Crippen LogP) is -0.280. The lowest BCUT2D eigenvalue weighted by Gasteiger charge is -2.13. The number of imidazole rings is 2. The van der Waals surface area contributed by atoms with Crippen molar-refractivity contribution in [3.8, 4) is 0 Å². The Hall–Kier alpha value is -2.03. The number of aliphatic hydroxyl groups is 2. The molecule has 8 nitrogen and oxygen atoms in total. The third-order valence-electron chi connectivity index (χ3n) is 3.65. The Morgan fingerprint density at radius 1 is 1.25 bits per heavy atom. The molecule has 4 rings (SSSR count). The van der Waals surface area contributed by atoms with Crippen LogP contribution in [-0.4, -0.2) is 52.9 Å². The monoisotopic (exact) mass is 275 g/mol. The molecule has 3 aromatic heterocycles. The zero-order valence-electron chi connectivity index (χ0n) is 10.5. The smallest absolute Gasteiger partial charge is 0.167 e. The first-order valence-electron chi connectivity index (χ1n) is 6.36. The van der Waals surface area contributed by atoms with Gasteiger partial charge in [-0.15, -0.1) is 0 Å². The highest BCUT2D eigenvalue weighted by Gasteiger charge is 2.35. The number of ether oxygens (including phenoxy) is 1. The maximum Gasteiger partial charge on any atom is 0.167 e. The molecule has 0 saturated carbocycles. The summed E-state index contributed by atoms with van der Waals surface area (Å²) >= 11 is 0. The van der Waals surface area contributed by atoms with Crippen LogP contribution in [0.3, 0.4) is 0 Å². The molecule has 1 aliphatic rings. The summed E-state index contributed by atoms with van der Waals surface area (Å²) in [6.45, 7) is -0.206. The molecule has 0 aromatic carbocycles. The van der Waals surface area contributed by atoms with Crippen molar-refractivity contribution in [2.45, 2.75) is 24.9 Å². The number of hydrogen-bond acceptors (Lipinski definition) is 6. The summed E-state index contributed by atoms with van der Waals surface area (Å²) in [6, 6.07) is 0. The Bertz CT molecular complexity index is 767. The van der Waals surface area contributed by atoms with E-state index in [4.69, 9.17) is 9.84 Å². The van der Waals surface area contributed by atoms with Gasteiger partial charge in [0.1, 0.15) is 18.7 Å². The Morgan fingerprint density at radius 3 is 2.95 bits per heavy atom. The molecule has 0 aliphatic carbocycles. The van der Waals surface area contributed by atoms with Crippen LogP contribution in [0.2, 0.25) is 0 Å². The summed E-state index contributed by atoms with van der Waals surface area (Å²) in [5.74, 6) is 0. The summed E-state index contributed by atoms with van der Waals surface area (Å²) in [6.07, 6.45) is 5.56. The number of nitrogens with zero attached hydrogens (tertiary/aromatic N) is 5. The van der Waals surface area contributed by atoms with Crippen LogP contribution < -0.4 is 0 Å². The molecule has 0 amide bonds. The second-order valence-corrected chi connectivity index (χ2v) is 4.84. The van der Waals surface area contributed by atoms with Crippen molar-refractivity contribution in [3.05, 3.63) is 25.0 Å². The fourth-order valence-electron chi connectivity index (χ4n) is 2.61. The van der Waals surface area contributed by atoms with Gasteiger partial charge >= 0.3 is 0 Å². The maximum absolute atomic E-state index is 9.81. The van der Waals surface area contributed by atoms with Gasteiger partial charge in [-0.3, -0.25) is 8.97 Å². The molecule has 0 bridgehead atoms. The minimum absolute atomic E-state index is 0.206. The van der Waals surface area contributed by atoms with E-state index in [1.54, 1.807) is 34.0 Å². The van der Waals surface area contributed by atoms with E-state index in [1.165, 1.54) is 0 Å². The van der Waals surface area contributed by atoms with Gasteiger partial charge in [-0.05, 0) is 0 Å². The third-order valence-corrected chi connectivity index (χ3v) is 3.65. The summed E-state index contributed by atoms with van der Waals surface area (Å²) in [5.41, 5.74) is 2.06. The van der Waals surface area contributed by atoms with Crippen molar-refractivity contribution < 1.29 is 14.9 Å². The average Bonchev–Trinajstić information content (AvgIpc) is 3.13. The van der Waals surface area contributed by atoms with Crippen LogP contribution in [0.15, 0.2) is 25.0 Å². The molecule has 1 saturated heterocycles. The molecule has 0 radical (unpaired) electrons. The zero-order valence-corrected chi connectivity index (χ0v) is 10.5. The lowest BCUT2D eigenvalue weighted by atomic mass is 10.2. The van der Waals surface area contributed by atoms with Crippen molar-refractivity contribution in [1.29, 1.82) is 0 Å². The highest BCUT2D eigenvalue weighted by Crippen LogP contribution is 2.30. The summed E-state index contributed by atoms with van der Waals surface area (Å²) in [4.78, 5) is 12.9. The van der Waals surface area contributed by atoms with E-state index in [1.807, 2.05) is 0 Å². The standard InChI is InChI=1S/C12H13N5O3/c18-4-8-7(19)3-9(20-8)17-6-14-10-11-13-1-2-16(11)5-15-12(10)17/h1-2,5-9,18-19H,3-4H2/t7-,8+,9-/m1/s1. The molecule has 20 heavy (non-hydrogen) atoms. The largest absolute Gasteiger partial charge is 0.394 e. The fourth-order valence-corrected chi connectivity index (χ4v) is 2.61. The molecule has 0 unspecified atom stereocenters. The van der Waals surface area contributed by atoms with E-state index in [9.17, 15) is 5.11 Å². The first-order valence-corrected chi connectivity index (χ1v) is 6.36. The minimum Gasteiger partial charge on any atom is -0.394 e. The topological polar surface area (TPSA) is 97.7 Å². The molecule has 104 valence electrons. The van der Waals surface area contributed by atoms with E-state index >= 15 is 0 Å². The molecule has 1 fully saturated rings. The molecule has 0 spiro atoms. The van der Waals surface area contributed by atoms with Gasteiger partial charge in [0.05, 0.1) is 19.0 Å². The lowest BCUT2D eigenvalue weighted by molar-refractivity contribution is -0.0432. The van der Waals surface area contributed by atoms with Gasteiger partial charge in [0.25, 0.3) is 0 Å². The number of aliphatic hydroxyl groups excluding tert-OH is 2. The summed E-state index contributed by atoms with van der Waals surface area (Å²) in [5, 5.41) is 19.0. The van der Waals surface area contributed by atoms with Gasteiger partial charge in [0, 0.05) is 18.8 Å². The quantitative estimate of drug-likeness (QED) is 0.667. The second-order valence-electron chi connectivity index (χ2n) is 4.84. The molecule has 1 aliphatic heterocycles. The molecule has 2 N–H and O–H groups in total. The van der Waals surface area contributed by atoms with Crippen LogP contribution in [-0.2, 0) is 4.74 Å². The van der Waals surface area contributed by atoms with E-state index in [0.29, 0.717) is 17.6 Å². The second kappa shape index (κ2) is 4.23. The first-order chi connectivity index (χ1) is 9.78. The first kappa shape index (κ1) is 11.8. The van der Waals surface area contributed by atoms with Crippen LogP contribution in [0.5, 0.6) is 0 Å². The van der Waals surface area contributed by atoms with E-state index in [-0.39, 0.29) is 12.8 Å². The Morgan fingerprint density at radius 2 is 2.15 bits per heavy atom. The number of fused-ring (bicyclic) bond motifs is 3. The van der Waals surface area contributed by atoms with E-state index < -0.39 is 12.2 Å². The van der Waals surface area contributed by atoms with Crippen LogP contribution in [0.4, 0.5) is 0 Å². The highest BCUT2D eigenvalue weighted by atomic mass is 16.5. The van der Waals surface area contributed by atoms with Gasteiger partial charge in [-0.2, -0.15) is 0 Å². The van der Waals surface area contributed by atoms with Gasteiger partial charge < -0.3 is 14.9 Å². The SMILES string of the molecule is OC[C@@H]1O[C@@H](n2cnc3c2ncn2ccnc32)C[C@H]1O. The highest BCUT2D eigenvalue weighted by molar-refractivity contribution is 5.85. The lowest BCUT2D eigenvalue weighted by Crippen LogP contribution is -2.24. The van der Waals surface area contributed by atoms with Gasteiger partial charge in [0.15, 0.2) is 16.8 Å². The molecular weight excluding hydrogens is 262 g/mol. The number of rotatable bonds is 2. The maximum atomic E-state index is 9.81. The van der Waals surface area contributed by atoms with E-state index in [2.05, 4.69) is 15.0 Å². The Balaban J connectivity index is 1.81. The van der Waals surface area contributed by atoms with Gasteiger partial charge in [0.2, 0.25) is 0 Å². The van der Waals surface area contributed by atoms with Gasteiger partial charge in [-0.25, -0.2) is 15.0 Å². The normalized spacial score (nSPS) is 26.8. The van der Waals surface area contributed by atoms with Crippen molar-refractivity contribution in [2.75, 3.05) is 6.61 Å². The number of aromatic nitrogens is 5. The molecular formula is C12H13N5O3. The number of hydrogen-bond donors (Lipinski definition) is 2. The van der Waals surface area contributed by atoms with Crippen molar-refractivity contribution in [3.63, 3.8) is 0 Å². The van der Waals surface area contributed by atoms with Crippen LogP contribution >= 0.6 is 0 Å². The molecule has 3 atom stereocenters. The van der Waals surface area contributed by atoms with Crippen LogP contribution in [0.25, 0.3) is 16.8 Å². The summed E-state index contributed by atoms with van der Waals surface area (Å²) < 4.78 is 9.18. The van der Waals surface area contributed by atoms with Crippen LogP contribution in [0.1, 0.15) is 12.6 Å². The average molecular weight is 275 g/mol. The van der Waals surface area contributed by atoms with Crippen molar-refractivity contribution >= 4 is 16.8 Å². The fraction of sp³-hybridized carbons (Fsp3) is 0.417. The van der Waals surface area contributed by atoms with Crippen molar-refractivity contribution in [2.24, 2.45) is 0 Å². The molecule has 3 aromatic rings. The Kier molecular flexibility index (Phi) is 2.49. The Labute approximate surface area is 113 Å². The van der Waals surface area contributed by atoms with Crippen molar-refractivity contribution in [1.82, 2.24) is 23.9 Å². The summed E-state index contributed by atoms with van der Waals surface area (Å²) in [7, 11) is 0. The molecule has 8 heteroatoms. The van der Waals surface area contributed by atoms with Crippen LogP contribution in [0, 0.1) is 0 Å². The zero-order chi connectivity index (χ0) is 13.7. The molecule has 4 heterocycles. The van der Waals surface area contributed by atoms with E-state index in [0.717, 1.165) is 5.65 Å². The predicted molar refractivity (Wildman–Crippen MR) is 67.9 cm³/mol.